The number of nitrogens with one attached hydrogen (secondary N) is 1. The maximum Gasteiger partial charge on any atom is 0.220 e. The molecule has 0 saturated heterocycles. The number of aliphatic hydroxyl groups is 2. The number of carbonyl (C=O) groups is 1. The largest absolute Gasteiger partial charge is 0.394 e. The molecule has 0 spiro atoms. The summed E-state index contributed by atoms with van der Waals surface area (Å²) in [6.45, 7) is 3.58. The predicted molar refractivity (Wildman–Crippen MR) is 58.2 cm³/mol. The molecule has 0 aliphatic carbocycles. The van der Waals surface area contributed by atoms with Gasteiger partial charge in [-0.25, -0.2) is 0 Å². The van der Waals surface area contributed by atoms with E-state index in [-0.39, 0.29) is 19.1 Å². The monoisotopic (exact) mass is 218 g/mol. The van der Waals surface area contributed by atoms with Gasteiger partial charge in [0.05, 0.1) is 18.8 Å². The van der Waals surface area contributed by atoms with Crippen LogP contribution < -0.4 is 11.1 Å². The number of nitrogens with two attached hydrogens (primary N) is 1. The van der Waals surface area contributed by atoms with Gasteiger partial charge in [-0.05, 0) is 25.8 Å². The lowest BCUT2D eigenvalue weighted by atomic mass is 10.0. The number of carbonyl (C=O) groups excluding carboxylic acids is 1. The topological polar surface area (TPSA) is 95.6 Å². The molecule has 90 valence electrons. The molecule has 0 fully saturated rings. The molecular weight excluding hydrogens is 196 g/mol. The molecule has 5 N–H and O–H groups in total. The molecule has 0 aromatic rings. The second-order valence-corrected chi connectivity index (χ2v) is 4.30. The van der Waals surface area contributed by atoms with Crippen molar-refractivity contribution in [1.82, 2.24) is 5.32 Å². The molecule has 1 unspecified atom stereocenters. The first-order chi connectivity index (χ1) is 6.97. The Morgan fingerprint density at radius 2 is 2.00 bits per heavy atom. The minimum Gasteiger partial charge on any atom is -0.394 e. The Morgan fingerprint density at radius 1 is 1.47 bits per heavy atom. The van der Waals surface area contributed by atoms with Crippen LogP contribution in [0.15, 0.2) is 0 Å². The zero-order chi connectivity index (χ0) is 11.9. The van der Waals surface area contributed by atoms with Crippen molar-refractivity contribution in [2.45, 2.75) is 32.2 Å². The fraction of sp³-hybridized carbons (Fsp3) is 0.900. The fourth-order valence-electron chi connectivity index (χ4n) is 1.02. The van der Waals surface area contributed by atoms with E-state index in [0.717, 1.165) is 6.42 Å². The third kappa shape index (κ3) is 5.71. The van der Waals surface area contributed by atoms with Crippen LogP contribution in [0.5, 0.6) is 0 Å². The van der Waals surface area contributed by atoms with Gasteiger partial charge in [0.1, 0.15) is 0 Å². The van der Waals surface area contributed by atoms with Gasteiger partial charge in [-0.3, -0.25) is 4.79 Å². The Bertz CT molecular complexity index is 193. The molecule has 0 radical (unpaired) electrons. The summed E-state index contributed by atoms with van der Waals surface area (Å²) in [5.74, 6) is 0.145. The van der Waals surface area contributed by atoms with Crippen LogP contribution in [0, 0.1) is 5.92 Å². The van der Waals surface area contributed by atoms with Gasteiger partial charge in [0.2, 0.25) is 5.91 Å². The summed E-state index contributed by atoms with van der Waals surface area (Å²) >= 11 is 0. The third-order valence-corrected chi connectivity index (χ3v) is 2.41. The summed E-state index contributed by atoms with van der Waals surface area (Å²) in [5, 5.41) is 20.5. The zero-order valence-corrected chi connectivity index (χ0v) is 9.49. The second kappa shape index (κ2) is 6.76. The van der Waals surface area contributed by atoms with E-state index < -0.39 is 5.54 Å². The molecule has 0 aliphatic rings. The molecule has 1 amide bonds. The van der Waals surface area contributed by atoms with Crippen molar-refractivity contribution in [3.8, 4) is 0 Å². The van der Waals surface area contributed by atoms with Crippen molar-refractivity contribution in [1.29, 1.82) is 0 Å². The highest BCUT2D eigenvalue weighted by Gasteiger charge is 2.24. The summed E-state index contributed by atoms with van der Waals surface area (Å²) in [6.07, 6.45) is 1.09. The molecule has 0 aromatic carbocycles. The molecule has 0 aliphatic heterocycles. The highest BCUT2D eigenvalue weighted by Crippen LogP contribution is 2.06. The van der Waals surface area contributed by atoms with Gasteiger partial charge in [0.25, 0.3) is 0 Å². The standard InChI is InChI=1S/C10H22N2O3/c1-8(5-11)3-4-9(15)12-10(2,6-13)7-14/h8,13-14H,3-7,11H2,1-2H3,(H,12,15). The minimum absolute atomic E-state index is 0.166. The molecule has 5 nitrogen and oxygen atoms in total. The van der Waals surface area contributed by atoms with Crippen LogP contribution in [0.2, 0.25) is 0 Å². The van der Waals surface area contributed by atoms with Gasteiger partial charge in [-0.2, -0.15) is 0 Å². The van der Waals surface area contributed by atoms with E-state index in [9.17, 15) is 4.79 Å². The first-order valence-electron chi connectivity index (χ1n) is 5.20. The molecule has 0 saturated carbocycles. The molecule has 5 heteroatoms. The summed E-state index contributed by atoms with van der Waals surface area (Å²) in [7, 11) is 0. The molecule has 1 atom stereocenters. The van der Waals surface area contributed by atoms with Gasteiger partial charge >= 0.3 is 0 Å². The Kier molecular flexibility index (Phi) is 6.47. The average Bonchev–Trinajstić information content (AvgIpc) is 2.25. The summed E-state index contributed by atoms with van der Waals surface area (Å²) in [4.78, 5) is 11.4. The summed E-state index contributed by atoms with van der Waals surface area (Å²) in [6, 6.07) is 0. The van der Waals surface area contributed by atoms with E-state index >= 15 is 0 Å². The SMILES string of the molecule is CC(CN)CCC(=O)NC(C)(CO)CO. The number of hydrogen-bond acceptors (Lipinski definition) is 4. The third-order valence-electron chi connectivity index (χ3n) is 2.41. The molecule has 15 heavy (non-hydrogen) atoms. The van der Waals surface area contributed by atoms with Gasteiger partial charge in [0.15, 0.2) is 0 Å². The van der Waals surface area contributed by atoms with Crippen LogP contribution in [0.1, 0.15) is 26.7 Å². The van der Waals surface area contributed by atoms with E-state index in [0.29, 0.717) is 18.9 Å². The lowest BCUT2D eigenvalue weighted by molar-refractivity contribution is -0.124. The Hall–Kier alpha value is -0.650. The minimum atomic E-state index is -0.928. The molecule has 0 bridgehead atoms. The van der Waals surface area contributed by atoms with Crippen molar-refractivity contribution in [3.63, 3.8) is 0 Å². The first-order valence-corrected chi connectivity index (χ1v) is 5.20. The van der Waals surface area contributed by atoms with Crippen molar-refractivity contribution in [2.75, 3.05) is 19.8 Å². The van der Waals surface area contributed by atoms with E-state index in [1.807, 2.05) is 6.92 Å². The van der Waals surface area contributed by atoms with Crippen LogP contribution in [0.3, 0.4) is 0 Å². The number of amides is 1. The quantitative estimate of drug-likeness (QED) is 0.451. The van der Waals surface area contributed by atoms with Crippen molar-refractivity contribution in [2.24, 2.45) is 11.7 Å². The van der Waals surface area contributed by atoms with E-state index in [1.54, 1.807) is 6.92 Å². The zero-order valence-electron chi connectivity index (χ0n) is 9.49. The average molecular weight is 218 g/mol. The summed E-state index contributed by atoms with van der Waals surface area (Å²) < 4.78 is 0. The Balaban J connectivity index is 3.92. The second-order valence-electron chi connectivity index (χ2n) is 4.30. The van der Waals surface area contributed by atoms with Gasteiger partial charge in [-0.15, -0.1) is 0 Å². The molecule has 0 heterocycles. The smallest absolute Gasteiger partial charge is 0.220 e. The fourth-order valence-corrected chi connectivity index (χ4v) is 1.02. The lowest BCUT2D eigenvalue weighted by Gasteiger charge is -2.26. The van der Waals surface area contributed by atoms with Crippen molar-refractivity contribution in [3.05, 3.63) is 0 Å². The maximum atomic E-state index is 11.4. The van der Waals surface area contributed by atoms with Crippen LogP contribution >= 0.6 is 0 Å². The number of rotatable bonds is 7. The summed E-state index contributed by atoms with van der Waals surface area (Å²) in [5.41, 5.74) is 4.50. The highest BCUT2D eigenvalue weighted by molar-refractivity contribution is 5.76. The van der Waals surface area contributed by atoms with Gasteiger partial charge in [0, 0.05) is 6.42 Å². The Labute approximate surface area is 90.7 Å². The Morgan fingerprint density at radius 3 is 2.40 bits per heavy atom. The van der Waals surface area contributed by atoms with Crippen LogP contribution in [0.4, 0.5) is 0 Å². The highest BCUT2D eigenvalue weighted by atomic mass is 16.3. The molecule has 0 rings (SSSR count). The van der Waals surface area contributed by atoms with Crippen LogP contribution in [-0.2, 0) is 4.79 Å². The number of hydrogen-bond donors (Lipinski definition) is 4. The molecular formula is C10H22N2O3. The predicted octanol–water partition coefficient (Wildman–Crippen LogP) is -0.779. The van der Waals surface area contributed by atoms with Crippen LogP contribution in [-0.4, -0.2) is 41.4 Å². The van der Waals surface area contributed by atoms with Gasteiger partial charge < -0.3 is 21.3 Å². The van der Waals surface area contributed by atoms with Crippen molar-refractivity contribution < 1.29 is 15.0 Å². The van der Waals surface area contributed by atoms with E-state index in [2.05, 4.69) is 5.32 Å². The van der Waals surface area contributed by atoms with Crippen molar-refractivity contribution >= 4 is 5.91 Å². The van der Waals surface area contributed by atoms with Gasteiger partial charge in [-0.1, -0.05) is 6.92 Å². The van der Waals surface area contributed by atoms with Crippen LogP contribution in [0.25, 0.3) is 0 Å². The van der Waals surface area contributed by atoms with E-state index in [4.69, 9.17) is 15.9 Å². The first kappa shape index (κ1) is 14.3. The lowest BCUT2D eigenvalue weighted by Crippen LogP contribution is -2.51. The van der Waals surface area contributed by atoms with E-state index in [1.165, 1.54) is 0 Å². The normalized spacial score (nSPS) is 13.7. The molecule has 0 aromatic heterocycles. The maximum absolute atomic E-state index is 11.4. The number of aliphatic hydroxyl groups excluding tert-OH is 2.